The Balaban J connectivity index is 3.22. The SMILES string of the molecule is CSC(=Nc1cccc(C(=O)N(C)C)c1C)NC#N. The summed E-state index contributed by atoms with van der Waals surface area (Å²) < 4.78 is 0. The van der Waals surface area contributed by atoms with Gasteiger partial charge in [0.25, 0.3) is 5.91 Å². The van der Waals surface area contributed by atoms with Crippen LogP contribution in [0.25, 0.3) is 0 Å². The normalized spacial score (nSPS) is 10.8. The number of amidine groups is 1. The van der Waals surface area contributed by atoms with Crippen molar-refractivity contribution in [3.63, 3.8) is 0 Å². The van der Waals surface area contributed by atoms with Crippen LogP contribution in [0.4, 0.5) is 5.69 Å². The minimum absolute atomic E-state index is 0.0616. The van der Waals surface area contributed by atoms with Crippen LogP contribution in [0, 0.1) is 18.4 Å². The lowest BCUT2D eigenvalue weighted by molar-refractivity contribution is 0.0827. The average molecular weight is 276 g/mol. The molecule has 0 aromatic heterocycles. The van der Waals surface area contributed by atoms with E-state index in [1.165, 1.54) is 16.7 Å². The molecule has 1 amide bonds. The van der Waals surface area contributed by atoms with E-state index in [-0.39, 0.29) is 5.91 Å². The topological polar surface area (TPSA) is 68.5 Å². The van der Waals surface area contributed by atoms with Gasteiger partial charge in [0.1, 0.15) is 0 Å². The Morgan fingerprint density at radius 3 is 2.68 bits per heavy atom. The number of nitrogens with one attached hydrogen (secondary N) is 1. The molecule has 6 heteroatoms. The van der Waals surface area contributed by atoms with E-state index in [1.807, 2.05) is 25.4 Å². The summed E-state index contributed by atoms with van der Waals surface area (Å²) >= 11 is 1.34. The Bertz CT molecular complexity index is 546. The molecule has 100 valence electrons. The van der Waals surface area contributed by atoms with Crippen LogP contribution in [-0.2, 0) is 0 Å². The third-order valence-electron chi connectivity index (χ3n) is 2.52. The maximum Gasteiger partial charge on any atom is 0.253 e. The van der Waals surface area contributed by atoms with Gasteiger partial charge in [0.15, 0.2) is 11.4 Å². The molecule has 1 rings (SSSR count). The summed E-state index contributed by atoms with van der Waals surface area (Å²) in [5, 5.41) is 11.6. The molecule has 0 bridgehead atoms. The van der Waals surface area contributed by atoms with Gasteiger partial charge in [-0.05, 0) is 30.9 Å². The van der Waals surface area contributed by atoms with Gasteiger partial charge in [-0.2, -0.15) is 5.26 Å². The number of carbonyl (C=O) groups excluding carboxylic acids is 1. The molecule has 19 heavy (non-hydrogen) atoms. The fourth-order valence-electron chi connectivity index (χ4n) is 1.50. The molecule has 0 unspecified atom stereocenters. The number of hydrogen-bond donors (Lipinski definition) is 1. The summed E-state index contributed by atoms with van der Waals surface area (Å²) in [6.45, 7) is 1.85. The van der Waals surface area contributed by atoms with Crippen molar-refractivity contribution in [1.82, 2.24) is 10.2 Å². The summed E-state index contributed by atoms with van der Waals surface area (Å²) in [4.78, 5) is 17.9. The minimum Gasteiger partial charge on any atom is -0.345 e. The lowest BCUT2D eigenvalue weighted by Crippen LogP contribution is -2.22. The Labute approximate surface area is 117 Å². The highest BCUT2D eigenvalue weighted by Crippen LogP contribution is 2.23. The number of nitriles is 1. The highest BCUT2D eigenvalue weighted by atomic mass is 32.2. The van der Waals surface area contributed by atoms with Crippen molar-refractivity contribution in [2.75, 3.05) is 20.4 Å². The van der Waals surface area contributed by atoms with E-state index in [4.69, 9.17) is 5.26 Å². The molecule has 0 saturated carbocycles. The summed E-state index contributed by atoms with van der Waals surface area (Å²) in [5.74, 6) is -0.0616. The van der Waals surface area contributed by atoms with Crippen molar-refractivity contribution < 1.29 is 4.79 Å². The molecule has 0 heterocycles. The van der Waals surface area contributed by atoms with E-state index in [0.29, 0.717) is 16.4 Å². The minimum atomic E-state index is -0.0616. The standard InChI is InChI=1S/C13H16N4OS/c1-9-10(12(18)17(2)3)6-5-7-11(9)16-13(19-4)15-8-14/h5-7H,1-4H3,(H,15,16). The highest BCUT2D eigenvalue weighted by molar-refractivity contribution is 8.13. The maximum atomic E-state index is 12.0. The summed E-state index contributed by atoms with van der Waals surface area (Å²) in [7, 11) is 3.42. The van der Waals surface area contributed by atoms with Crippen LogP contribution in [-0.4, -0.2) is 36.3 Å². The number of thioether (sulfide) groups is 1. The first-order valence-electron chi connectivity index (χ1n) is 5.60. The number of aliphatic imine (C=N–C) groups is 1. The highest BCUT2D eigenvalue weighted by Gasteiger charge is 2.13. The number of hydrogen-bond acceptors (Lipinski definition) is 4. The largest absolute Gasteiger partial charge is 0.345 e. The van der Waals surface area contributed by atoms with E-state index in [2.05, 4.69) is 10.3 Å². The van der Waals surface area contributed by atoms with Gasteiger partial charge in [-0.3, -0.25) is 10.1 Å². The molecule has 1 aromatic carbocycles. The molecular weight excluding hydrogens is 260 g/mol. The molecule has 1 N–H and O–H groups in total. The number of amides is 1. The second-order valence-corrected chi connectivity index (χ2v) is 4.80. The third-order valence-corrected chi connectivity index (χ3v) is 3.10. The van der Waals surface area contributed by atoms with Crippen LogP contribution in [0.15, 0.2) is 23.2 Å². The van der Waals surface area contributed by atoms with Crippen LogP contribution in [0.1, 0.15) is 15.9 Å². The maximum absolute atomic E-state index is 12.0. The quantitative estimate of drug-likeness (QED) is 0.389. The van der Waals surface area contributed by atoms with Gasteiger partial charge in [-0.15, -0.1) is 0 Å². The van der Waals surface area contributed by atoms with Gasteiger partial charge in [0.05, 0.1) is 5.69 Å². The fraction of sp³-hybridized carbons (Fsp3) is 0.308. The van der Waals surface area contributed by atoms with Gasteiger partial charge in [0, 0.05) is 19.7 Å². The molecule has 0 atom stereocenters. The first kappa shape index (κ1) is 15.1. The molecule has 0 spiro atoms. The van der Waals surface area contributed by atoms with Crippen molar-refractivity contribution in [1.29, 1.82) is 5.26 Å². The number of benzene rings is 1. The van der Waals surface area contributed by atoms with E-state index in [0.717, 1.165) is 5.56 Å². The molecule has 0 aliphatic heterocycles. The van der Waals surface area contributed by atoms with Crippen molar-refractivity contribution in [3.05, 3.63) is 29.3 Å². The monoisotopic (exact) mass is 276 g/mol. The van der Waals surface area contributed by atoms with Crippen LogP contribution in [0.2, 0.25) is 0 Å². The molecule has 0 radical (unpaired) electrons. The lowest BCUT2D eigenvalue weighted by Gasteiger charge is -2.13. The van der Waals surface area contributed by atoms with E-state index < -0.39 is 0 Å². The van der Waals surface area contributed by atoms with Crippen molar-refractivity contribution in [2.24, 2.45) is 4.99 Å². The predicted molar refractivity (Wildman–Crippen MR) is 78.6 cm³/mol. The van der Waals surface area contributed by atoms with E-state index in [9.17, 15) is 4.79 Å². The first-order chi connectivity index (χ1) is 9.01. The molecule has 0 aliphatic carbocycles. The lowest BCUT2D eigenvalue weighted by atomic mass is 10.1. The van der Waals surface area contributed by atoms with Gasteiger partial charge < -0.3 is 4.90 Å². The number of carbonyl (C=O) groups is 1. The zero-order chi connectivity index (χ0) is 14.4. The number of rotatable bonds is 2. The second kappa shape index (κ2) is 6.81. The Morgan fingerprint density at radius 1 is 1.47 bits per heavy atom. The van der Waals surface area contributed by atoms with Crippen molar-refractivity contribution in [3.8, 4) is 6.19 Å². The predicted octanol–water partition coefficient (Wildman–Crippen LogP) is 2.12. The summed E-state index contributed by atoms with van der Waals surface area (Å²) in [6, 6.07) is 5.37. The molecule has 1 aromatic rings. The second-order valence-electron chi connectivity index (χ2n) is 4.01. The van der Waals surface area contributed by atoms with Crippen LogP contribution in [0.3, 0.4) is 0 Å². The van der Waals surface area contributed by atoms with Gasteiger partial charge in [-0.25, -0.2) is 4.99 Å². The Kier molecular flexibility index (Phi) is 5.39. The third kappa shape index (κ3) is 3.73. The molecular formula is C13H16N4OS. The van der Waals surface area contributed by atoms with Gasteiger partial charge >= 0.3 is 0 Å². The van der Waals surface area contributed by atoms with Crippen LogP contribution < -0.4 is 5.32 Å². The molecule has 0 saturated heterocycles. The zero-order valence-electron chi connectivity index (χ0n) is 11.4. The fourth-order valence-corrected chi connectivity index (χ4v) is 1.84. The van der Waals surface area contributed by atoms with Crippen LogP contribution in [0.5, 0.6) is 0 Å². The van der Waals surface area contributed by atoms with Crippen LogP contribution >= 0.6 is 11.8 Å². The average Bonchev–Trinajstić information content (AvgIpc) is 2.39. The molecule has 0 fully saturated rings. The molecule has 5 nitrogen and oxygen atoms in total. The van der Waals surface area contributed by atoms with Gasteiger partial charge in [0.2, 0.25) is 0 Å². The van der Waals surface area contributed by atoms with E-state index >= 15 is 0 Å². The summed E-state index contributed by atoms with van der Waals surface area (Å²) in [5.41, 5.74) is 2.09. The van der Waals surface area contributed by atoms with Crippen molar-refractivity contribution >= 4 is 28.5 Å². The number of nitrogens with zero attached hydrogens (tertiary/aromatic N) is 3. The Hall–Kier alpha value is -2.00. The summed E-state index contributed by atoms with van der Waals surface area (Å²) in [6.07, 6.45) is 3.66. The Morgan fingerprint density at radius 2 is 2.16 bits per heavy atom. The molecule has 0 aliphatic rings. The zero-order valence-corrected chi connectivity index (χ0v) is 12.2. The van der Waals surface area contributed by atoms with Gasteiger partial charge in [-0.1, -0.05) is 17.8 Å². The van der Waals surface area contributed by atoms with E-state index in [1.54, 1.807) is 26.2 Å². The smallest absolute Gasteiger partial charge is 0.253 e. The van der Waals surface area contributed by atoms with Crippen molar-refractivity contribution in [2.45, 2.75) is 6.92 Å². The first-order valence-corrected chi connectivity index (χ1v) is 6.82.